The van der Waals surface area contributed by atoms with Crippen LogP contribution in [0.2, 0.25) is 0 Å². The summed E-state index contributed by atoms with van der Waals surface area (Å²) in [4.78, 5) is 6.69. The van der Waals surface area contributed by atoms with Crippen molar-refractivity contribution < 1.29 is 0 Å². The predicted octanol–water partition coefficient (Wildman–Crippen LogP) is 1.73. The molecule has 1 unspecified atom stereocenters. The zero-order valence-corrected chi connectivity index (χ0v) is 10.5. The summed E-state index contributed by atoms with van der Waals surface area (Å²) in [5, 5.41) is 1.13. The summed E-state index contributed by atoms with van der Waals surface area (Å²) in [6.45, 7) is 0.899. The molecule has 1 aromatic heterocycles. The molecule has 0 spiro atoms. The van der Waals surface area contributed by atoms with Gasteiger partial charge in [0.25, 0.3) is 0 Å². The van der Waals surface area contributed by atoms with Crippen LogP contribution in [0.3, 0.4) is 0 Å². The van der Waals surface area contributed by atoms with E-state index in [1.54, 1.807) is 11.3 Å². The van der Waals surface area contributed by atoms with E-state index in [0.717, 1.165) is 23.5 Å². The number of benzene rings is 1. The molecular weight excluding hydrogens is 218 g/mol. The molecule has 0 saturated carbocycles. The molecule has 2 N–H and O–H groups in total. The summed E-state index contributed by atoms with van der Waals surface area (Å²) in [5.74, 6) is 0. The minimum Gasteiger partial charge on any atom is -0.326 e. The van der Waals surface area contributed by atoms with Gasteiger partial charge in [-0.05, 0) is 26.2 Å². The summed E-state index contributed by atoms with van der Waals surface area (Å²) >= 11 is 1.74. The smallest absolute Gasteiger partial charge is 0.0954 e. The summed E-state index contributed by atoms with van der Waals surface area (Å²) in [5.41, 5.74) is 7.14. The Morgan fingerprint density at radius 3 is 2.81 bits per heavy atom. The molecule has 0 radical (unpaired) electrons. The highest BCUT2D eigenvalue weighted by molar-refractivity contribution is 7.18. The third-order valence-corrected chi connectivity index (χ3v) is 3.43. The minimum atomic E-state index is 0.163. The fraction of sp³-hybridized carbons (Fsp3) is 0.417. The third-order valence-electron chi connectivity index (χ3n) is 2.37. The van der Waals surface area contributed by atoms with Crippen LogP contribution in [0.5, 0.6) is 0 Å². The molecule has 3 nitrogen and oxygen atoms in total. The molecule has 0 amide bonds. The van der Waals surface area contributed by atoms with Crippen molar-refractivity contribution in [2.24, 2.45) is 5.73 Å². The molecule has 2 rings (SSSR count). The number of likely N-dealkylation sites (N-methyl/N-ethyl adjacent to an activating group) is 1. The van der Waals surface area contributed by atoms with E-state index in [2.05, 4.69) is 16.0 Å². The predicted molar refractivity (Wildman–Crippen MR) is 69.9 cm³/mol. The number of hydrogen-bond donors (Lipinski definition) is 1. The van der Waals surface area contributed by atoms with Crippen molar-refractivity contribution in [3.8, 4) is 0 Å². The summed E-state index contributed by atoms with van der Waals surface area (Å²) in [6.07, 6.45) is 0.859. The molecule has 2 aromatic rings. The molecule has 0 saturated heterocycles. The van der Waals surface area contributed by atoms with E-state index in [1.807, 2.05) is 32.3 Å². The van der Waals surface area contributed by atoms with Crippen LogP contribution in [0.15, 0.2) is 24.3 Å². The molecule has 16 heavy (non-hydrogen) atoms. The highest BCUT2D eigenvalue weighted by Crippen LogP contribution is 2.22. The Balaban J connectivity index is 2.09. The first-order chi connectivity index (χ1) is 7.65. The molecule has 1 atom stereocenters. The largest absolute Gasteiger partial charge is 0.326 e. The lowest BCUT2D eigenvalue weighted by Gasteiger charge is -2.15. The second-order valence-corrected chi connectivity index (χ2v) is 5.42. The molecule has 1 aromatic carbocycles. The quantitative estimate of drug-likeness (QED) is 0.877. The van der Waals surface area contributed by atoms with E-state index < -0.39 is 0 Å². The van der Waals surface area contributed by atoms with Crippen molar-refractivity contribution in [1.82, 2.24) is 9.88 Å². The van der Waals surface area contributed by atoms with E-state index >= 15 is 0 Å². The fourth-order valence-electron chi connectivity index (χ4n) is 1.77. The van der Waals surface area contributed by atoms with Gasteiger partial charge < -0.3 is 10.6 Å². The third kappa shape index (κ3) is 2.78. The van der Waals surface area contributed by atoms with Crippen LogP contribution >= 0.6 is 11.3 Å². The fourth-order valence-corrected chi connectivity index (χ4v) is 2.83. The van der Waals surface area contributed by atoms with E-state index in [1.165, 1.54) is 4.70 Å². The average Bonchev–Trinajstić information content (AvgIpc) is 2.57. The van der Waals surface area contributed by atoms with Crippen LogP contribution in [-0.2, 0) is 6.42 Å². The highest BCUT2D eigenvalue weighted by atomic mass is 32.1. The van der Waals surface area contributed by atoms with Crippen molar-refractivity contribution in [2.45, 2.75) is 12.5 Å². The normalized spacial score (nSPS) is 13.5. The van der Waals surface area contributed by atoms with E-state index in [9.17, 15) is 0 Å². The maximum absolute atomic E-state index is 6.05. The number of nitrogens with zero attached hydrogens (tertiary/aromatic N) is 2. The second-order valence-electron chi connectivity index (χ2n) is 4.30. The molecule has 0 aliphatic rings. The van der Waals surface area contributed by atoms with Gasteiger partial charge in [-0.3, -0.25) is 0 Å². The van der Waals surface area contributed by atoms with Crippen molar-refractivity contribution in [1.29, 1.82) is 0 Å². The number of para-hydroxylation sites is 1. The first kappa shape index (κ1) is 11.5. The molecular formula is C12H17N3S. The first-order valence-electron chi connectivity index (χ1n) is 5.40. The molecule has 1 heterocycles. The van der Waals surface area contributed by atoms with E-state index in [-0.39, 0.29) is 6.04 Å². The number of hydrogen-bond acceptors (Lipinski definition) is 4. The maximum atomic E-state index is 6.05. The van der Waals surface area contributed by atoms with E-state index in [0.29, 0.717) is 0 Å². The van der Waals surface area contributed by atoms with Gasteiger partial charge in [-0.25, -0.2) is 4.98 Å². The van der Waals surface area contributed by atoms with Crippen LogP contribution in [0.25, 0.3) is 10.2 Å². The van der Waals surface area contributed by atoms with Crippen molar-refractivity contribution in [3.05, 3.63) is 29.3 Å². The Morgan fingerprint density at radius 2 is 2.12 bits per heavy atom. The second kappa shape index (κ2) is 4.91. The van der Waals surface area contributed by atoms with Crippen LogP contribution < -0.4 is 5.73 Å². The van der Waals surface area contributed by atoms with Gasteiger partial charge >= 0.3 is 0 Å². The van der Waals surface area contributed by atoms with Gasteiger partial charge in [0.1, 0.15) is 0 Å². The average molecular weight is 235 g/mol. The molecule has 86 valence electrons. The first-order valence-corrected chi connectivity index (χ1v) is 6.21. The number of fused-ring (bicyclic) bond motifs is 1. The molecule has 4 heteroatoms. The summed E-state index contributed by atoms with van der Waals surface area (Å²) < 4.78 is 1.24. The molecule has 0 aliphatic carbocycles. The Labute approximate surface area is 99.9 Å². The van der Waals surface area contributed by atoms with Crippen molar-refractivity contribution in [2.75, 3.05) is 20.6 Å². The highest BCUT2D eigenvalue weighted by Gasteiger charge is 2.09. The van der Waals surface area contributed by atoms with Gasteiger partial charge in [0.2, 0.25) is 0 Å². The van der Waals surface area contributed by atoms with Gasteiger partial charge in [-0.15, -0.1) is 11.3 Å². The van der Waals surface area contributed by atoms with Gasteiger partial charge in [-0.1, -0.05) is 12.1 Å². The minimum absolute atomic E-state index is 0.163. The zero-order chi connectivity index (χ0) is 11.5. The Hall–Kier alpha value is -0.970. The monoisotopic (exact) mass is 235 g/mol. The SMILES string of the molecule is CN(C)CC(N)Cc1nc2ccccc2s1. The van der Waals surface area contributed by atoms with Crippen LogP contribution in [0, 0.1) is 0 Å². The van der Waals surface area contributed by atoms with E-state index in [4.69, 9.17) is 5.73 Å². The topological polar surface area (TPSA) is 42.1 Å². The van der Waals surface area contributed by atoms with Gasteiger partial charge in [-0.2, -0.15) is 0 Å². The Kier molecular flexibility index (Phi) is 3.53. The van der Waals surface area contributed by atoms with Crippen LogP contribution in [0.4, 0.5) is 0 Å². The Bertz CT molecular complexity index is 431. The van der Waals surface area contributed by atoms with Crippen LogP contribution in [-0.4, -0.2) is 36.6 Å². The van der Waals surface area contributed by atoms with Crippen molar-refractivity contribution >= 4 is 21.6 Å². The summed E-state index contributed by atoms with van der Waals surface area (Å²) in [7, 11) is 4.08. The van der Waals surface area contributed by atoms with Crippen molar-refractivity contribution in [3.63, 3.8) is 0 Å². The number of aromatic nitrogens is 1. The van der Waals surface area contributed by atoms with Crippen LogP contribution in [0.1, 0.15) is 5.01 Å². The van der Waals surface area contributed by atoms with Gasteiger partial charge in [0.15, 0.2) is 0 Å². The lowest BCUT2D eigenvalue weighted by Crippen LogP contribution is -2.34. The molecule has 0 aliphatic heterocycles. The summed E-state index contributed by atoms with van der Waals surface area (Å²) in [6, 6.07) is 8.38. The molecule has 0 fully saturated rings. The number of thiazole rings is 1. The zero-order valence-electron chi connectivity index (χ0n) is 9.68. The Morgan fingerprint density at radius 1 is 1.38 bits per heavy atom. The van der Waals surface area contributed by atoms with Gasteiger partial charge in [0, 0.05) is 19.0 Å². The maximum Gasteiger partial charge on any atom is 0.0954 e. The molecule has 0 bridgehead atoms. The lowest BCUT2D eigenvalue weighted by atomic mass is 10.2. The van der Waals surface area contributed by atoms with Gasteiger partial charge in [0.05, 0.1) is 15.2 Å². The standard InChI is InChI=1S/C12H17N3S/c1-15(2)8-9(13)7-12-14-10-5-3-4-6-11(10)16-12/h3-6,9H,7-8,13H2,1-2H3. The number of nitrogens with two attached hydrogens (primary N) is 1. The number of rotatable bonds is 4. The lowest BCUT2D eigenvalue weighted by molar-refractivity contribution is 0.371.